The van der Waals surface area contributed by atoms with Crippen molar-refractivity contribution in [1.29, 1.82) is 0 Å². The highest BCUT2D eigenvalue weighted by Gasteiger charge is 2.16. The van der Waals surface area contributed by atoms with Crippen molar-refractivity contribution in [2.75, 3.05) is 27.4 Å². The molecule has 0 radical (unpaired) electrons. The summed E-state index contributed by atoms with van der Waals surface area (Å²) in [6.45, 7) is 2.45. The van der Waals surface area contributed by atoms with Gasteiger partial charge in [0.05, 0.1) is 45.7 Å². The molecule has 2 aromatic rings. The van der Waals surface area contributed by atoms with Gasteiger partial charge in [0.25, 0.3) is 5.91 Å². The zero-order valence-electron chi connectivity index (χ0n) is 13.9. The van der Waals surface area contributed by atoms with Gasteiger partial charge in [0.15, 0.2) is 0 Å². The van der Waals surface area contributed by atoms with Gasteiger partial charge in [-0.15, -0.1) is 0 Å². The zero-order valence-corrected chi connectivity index (χ0v) is 13.9. The average Bonchev–Trinajstić information content (AvgIpc) is 3.04. The number of fused-ring (bicyclic) bond motifs is 1. The second-order valence-corrected chi connectivity index (χ2v) is 5.46. The van der Waals surface area contributed by atoms with Crippen molar-refractivity contribution < 1.29 is 19.0 Å². The van der Waals surface area contributed by atoms with Gasteiger partial charge in [0.1, 0.15) is 11.5 Å². The molecule has 0 atom stereocenters. The molecule has 1 aliphatic heterocycles. The molecule has 1 aliphatic rings. The lowest BCUT2D eigenvalue weighted by Crippen LogP contribution is -2.28. The van der Waals surface area contributed by atoms with Gasteiger partial charge in [-0.25, -0.2) is 0 Å². The van der Waals surface area contributed by atoms with Gasteiger partial charge >= 0.3 is 0 Å². The summed E-state index contributed by atoms with van der Waals surface area (Å²) in [6, 6.07) is 5.13. The van der Waals surface area contributed by atoms with E-state index in [2.05, 4.69) is 10.4 Å². The molecule has 0 saturated carbocycles. The summed E-state index contributed by atoms with van der Waals surface area (Å²) in [5, 5.41) is 7.27. The van der Waals surface area contributed by atoms with Crippen molar-refractivity contribution in [2.24, 2.45) is 0 Å². The molecule has 128 valence electrons. The Morgan fingerprint density at radius 1 is 1.38 bits per heavy atom. The molecule has 24 heavy (non-hydrogen) atoms. The Bertz CT molecular complexity index is 727. The number of nitrogens with one attached hydrogen (secondary N) is 1. The van der Waals surface area contributed by atoms with Crippen molar-refractivity contribution in [3.63, 3.8) is 0 Å². The number of carbonyl (C=O) groups excluding carboxylic acids is 1. The van der Waals surface area contributed by atoms with Crippen LogP contribution in [-0.4, -0.2) is 43.1 Å². The number of benzene rings is 1. The minimum atomic E-state index is -0.182. The SMILES string of the molecule is COc1ccc(C(=O)NCCn2ncc3c2CCOC3)c(OC)c1. The molecule has 2 heterocycles. The summed E-state index contributed by atoms with van der Waals surface area (Å²) >= 11 is 0. The molecular formula is C17H21N3O4. The first-order valence-electron chi connectivity index (χ1n) is 7.84. The van der Waals surface area contributed by atoms with Crippen LogP contribution in [0.5, 0.6) is 11.5 Å². The van der Waals surface area contributed by atoms with Gasteiger partial charge in [-0.1, -0.05) is 0 Å². The van der Waals surface area contributed by atoms with Crippen LogP contribution in [0.4, 0.5) is 0 Å². The molecule has 7 nitrogen and oxygen atoms in total. The minimum Gasteiger partial charge on any atom is -0.497 e. The number of aromatic nitrogens is 2. The molecule has 0 saturated heterocycles. The average molecular weight is 331 g/mol. The molecular weight excluding hydrogens is 310 g/mol. The smallest absolute Gasteiger partial charge is 0.255 e. The van der Waals surface area contributed by atoms with Crippen LogP contribution in [0.1, 0.15) is 21.6 Å². The highest BCUT2D eigenvalue weighted by atomic mass is 16.5. The fraction of sp³-hybridized carbons (Fsp3) is 0.412. The summed E-state index contributed by atoms with van der Waals surface area (Å²) in [4.78, 5) is 12.4. The fourth-order valence-corrected chi connectivity index (χ4v) is 2.76. The first-order chi connectivity index (χ1) is 11.7. The Balaban J connectivity index is 1.61. The summed E-state index contributed by atoms with van der Waals surface area (Å²) in [6.07, 6.45) is 2.69. The van der Waals surface area contributed by atoms with E-state index in [9.17, 15) is 4.79 Å². The molecule has 0 spiro atoms. The maximum Gasteiger partial charge on any atom is 0.255 e. The van der Waals surface area contributed by atoms with E-state index in [1.54, 1.807) is 25.3 Å². The quantitative estimate of drug-likeness (QED) is 0.866. The van der Waals surface area contributed by atoms with Crippen molar-refractivity contribution in [2.45, 2.75) is 19.6 Å². The lowest BCUT2D eigenvalue weighted by molar-refractivity contribution is 0.0947. The molecule has 1 aromatic heterocycles. The lowest BCUT2D eigenvalue weighted by Gasteiger charge is -2.15. The van der Waals surface area contributed by atoms with Crippen LogP contribution in [-0.2, 0) is 24.3 Å². The van der Waals surface area contributed by atoms with Crippen molar-refractivity contribution in [1.82, 2.24) is 15.1 Å². The fourth-order valence-electron chi connectivity index (χ4n) is 2.76. The Hall–Kier alpha value is -2.54. The predicted octanol–water partition coefficient (Wildman–Crippen LogP) is 1.40. The highest BCUT2D eigenvalue weighted by molar-refractivity contribution is 5.97. The van der Waals surface area contributed by atoms with E-state index in [1.807, 2.05) is 10.9 Å². The summed E-state index contributed by atoms with van der Waals surface area (Å²) in [5.74, 6) is 0.952. The molecule has 0 aliphatic carbocycles. The van der Waals surface area contributed by atoms with Gasteiger partial charge in [0.2, 0.25) is 0 Å². The molecule has 1 amide bonds. The van der Waals surface area contributed by atoms with E-state index in [0.29, 0.717) is 43.4 Å². The Morgan fingerprint density at radius 2 is 2.25 bits per heavy atom. The molecule has 1 aromatic carbocycles. The number of carbonyl (C=O) groups is 1. The van der Waals surface area contributed by atoms with Crippen LogP contribution in [0, 0.1) is 0 Å². The first-order valence-corrected chi connectivity index (χ1v) is 7.84. The number of rotatable bonds is 6. The molecule has 0 bridgehead atoms. The monoisotopic (exact) mass is 331 g/mol. The van der Waals surface area contributed by atoms with E-state index in [0.717, 1.165) is 12.0 Å². The van der Waals surface area contributed by atoms with Crippen molar-refractivity contribution in [3.05, 3.63) is 41.2 Å². The topological polar surface area (TPSA) is 74.6 Å². The molecule has 0 unspecified atom stereocenters. The van der Waals surface area contributed by atoms with Gasteiger partial charge in [-0.3, -0.25) is 9.48 Å². The molecule has 3 rings (SSSR count). The van der Waals surface area contributed by atoms with Crippen LogP contribution in [0.15, 0.2) is 24.4 Å². The number of amides is 1. The van der Waals surface area contributed by atoms with Crippen LogP contribution in [0.25, 0.3) is 0 Å². The zero-order chi connectivity index (χ0) is 16.9. The molecule has 7 heteroatoms. The maximum absolute atomic E-state index is 12.4. The standard InChI is InChI=1S/C17H21N3O4/c1-22-13-3-4-14(16(9-13)23-2)17(21)18-6-7-20-15-5-8-24-11-12(15)10-19-20/h3-4,9-10H,5-8,11H2,1-2H3,(H,18,21). The van der Waals surface area contributed by atoms with Gasteiger partial charge in [-0.2, -0.15) is 5.10 Å². The Kier molecular flexibility index (Phi) is 5.00. The first kappa shape index (κ1) is 16.3. The Morgan fingerprint density at radius 3 is 3.04 bits per heavy atom. The number of ether oxygens (including phenoxy) is 3. The van der Waals surface area contributed by atoms with Crippen molar-refractivity contribution in [3.8, 4) is 11.5 Å². The normalized spacial score (nSPS) is 13.2. The second kappa shape index (κ2) is 7.35. The van der Waals surface area contributed by atoms with E-state index >= 15 is 0 Å². The number of hydrogen-bond donors (Lipinski definition) is 1. The van der Waals surface area contributed by atoms with Crippen molar-refractivity contribution >= 4 is 5.91 Å². The number of nitrogens with zero attached hydrogens (tertiary/aromatic N) is 2. The molecule has 1 N–H and O–H groups in total. The highest BCUT2D eigenvalue weighted by Crippen LogP contribution is 2.24. The van der Waals surface area contributed by atoms with Crippen LogP contribution >= 0.6 is 0 Å². The number of methoxy groups -OCH3 is 2. The lowest BCUT2D eigenvalue weighted by atomic mass is 10.1. The van der Waals surface area contributed by atoms with Crippen LogP contribution in [0.3, 0.4) is 0 Å². The second-order valence-electron chi connectivity index (χ2n) is 5.46. The van der Waals surface area contributed by atoms with E-state index in [1.165, 1.54) is 12.8 Å². The van der Waals surface area contributed by atoms with E-state index in [4.69, 9.17) is 14.2 Å². The molecule has 0 fully saturated rings. The Labute approximate surface area is 140 Å². The van der Waals surface area contributed by atoms with E-state index < -0.39 is 0 Å². The third kappa shape index (κ3) is 3.35. The summed E-state index contributed by atoms with van der Waals surface area (Å²) in [5.41, 5.74) is 2.80. The summed E-state index contributed by atoms with van der Waals surface area (Å²) in [7, 11) is 3.11. The largest absolute Gasteiger partial charge is 0.497 e. The predicted molar refractivity (Wildman–Crippen MR) is 87.5 cm³/mol. The third-order valence-corrected chi connectivity index (χ3v) is 4.04. The van der Waals surface area contributed by atoms with Crippen LogP contribution < -0.4 is 14.8 Å². The minimum absolute atomic E-state index is 0.182. The third-order valence-electron chi connectivity index (χ3n) is 4.04. The van der Waals surface area contributed by atoms with Gasteiger partial charge in [-0.05, 0) is 12.1 Å². The van der Waals surface area contributed by atoms with Gasteiger partial charge in [0, 0.05) is 30.3 Å². The summed E-state index contributed by atoms with van der Waals surface area (Å²) < 4.78 is 17.7. The number of hydrogen-bond acceptors (Lipinski definition) is 5. The maximum atomic E-state index is 12.4. The van der Waals surface area contributed by atoms with E-state index in [-0.39, 0.29) is 5.91 Å². The van der Waals surface area contributed by atoms with Gasteiger partial charge < -0.3 is 19.5 Å². The van der Waals surface area contributed by atoms with Crippen LogP contribution in [0.2, 0.25) is 0 Å².